The molecule has 0 rings (SSSR count). The van der Waals surface area contributed by atoms with Crippen molar-refractivity contribution in [2.24, 2.45) is 5.92 Å². The van der Waals surface area contributed by atoms with Gasteiger partial charge < -0.3 is 12.5 Å². The van der Waals surface area contributed by atoms with Gasteiger partial charge in [-0.25, -0.2) is 0 Å². The molecule has 0 saturated carbocycles. The van der Waals surface area contributed by atoms with E-state index < -0.39 is 0 Å². The summed E-state index contributed by atoms with van der Waals surface area (Å²) in [5, 5.41) is 8.14. The molecule has 1 N–H and O–H groups in total. The van der Waals surface area contributed by atoms with Crippen LogP contribution in [0, 0.1) is 13.3 Å². The molecule has 0 aromatic rings. The number of hydrogen-bond donors (Lipinski definition) is 1. The molecule has 7 heavy (non-hydrogen) atoms. The summed E-state index contributed by atoms with van der Waals surface area (Å²) < 4.78 is 0. The van der Waals surface area contributed by atoms with Crippen LogP contribution in [0.5, 0.6) is 0 Å². The zero-order chi connectivity index (χ0) is 4.28. The SMILES string of the molecule is CC(C)CO.[CH3-].[Mg+2]. The van der Waals surface area contributed by atoms with Gasteiger partial charge >= 0.3 is 23.1 Å². The molecule has 0 aromatic carbocycles. The van der Waals surface area contributed by atoms with Crippen LogP contribution in [-0.4, -0.2) is 34.8 Å². The Morgan fingerprint density at radius 2 is 1.57 bits per heavy atom. The molecular formula is C5H13MgO+. The van der Waals surface area contributed by atoms with Gasteiger partial charge in [0.15, 0.2) is 0 Å². The molecule has 0 amide bonds. The van der Waals surface area contributed by atoms with Crippen molar-refractivity contribution in [1.82, 2.24) is 0 Å². The van der Waals surface area contributed by atoms with Gasteiger partial charge in [0.1, 0.15) is 0 Å². The summed E-state index contributed by atoms with van der Waals surface area (Å²) in [6.07, 6.45) is 0. The summed E-state index contributed by atoms with van der Waals surface area (Å²) in [7, 11) is 0. The minimum atomic E-state index is 0. The minimum Gasteiger partial charge on any atom is -0.396 e. The number of aliphatic hydroxyl groups excluding tert-OH is 1. The molecule has 0 fully saturated rings. The topological polar surface area (TPSA) is 20.2 Å². The van der Waals surface area contributed by atoms with Crippen molar-refractivity contribution in [2.45, 2.75) is 13.8 Å². The van der Waals surface area contributed by atoms with Crippen LogP contribution in [0.1, 0.15) is 13.8 Å². The Morgan fingerprint density at radius 1 is 1.43 bits per heavy atom. The molecule has 0 spiro atoms. The Bertz CT molecular complexity index is 22.0. The van der Waals surface area contributed by atoms with Crippen LogP contribution >= 0.6 is 0 Å². The molecule has 0 aliphatic rings. The largest absolute Gasteiger partial charge is 2.00 e. The molecule has 1 nitrogen and oxygen atoms in total. The summed E-state index contributed by atoms with van der Waals surface area (Å²) >= 11 is 0. The van der Waals surface area contributed by atoms with Crippen molar-refractivity contribution < 1.29 is 5.11 Å². The van der Waals surface area contributed by atoms with Crippen molar-refractivity contribution in [3.05, 3.63) is 7.43 Å². The molecule has 0 bridgehead atoms. The van der Waals surface area contributed by atoms with E-state index in [0.717, 1.165) is 0 Å². The van der Waals surface area contributed by atoms with Gasteiger partial charge in [-0.15, -0.1) is 0 Å². The maximum Gasteiger partial charge on any atom is 2.00 e. The van der Waals surface area contributed by atoms with Gasteiger partial charge in [0.25, 0.3) is 0 Å². The molecule has 0 aromatic heterocycles. The van der Waals surface area contributed by atoms with Crippen LogP contribution in [0.2, 0.25) is 0 Å². The number of hydrogen-bond acceptors (Lipinski definition) is 1. The van der Waals surface area contributed by atoms with Crippen LogP contribution < -0.4 is 0 Å². The summed E-state index contributed by atoms with van der Waals surface area (Å²) in [4.78, 5) is 0. The maximum absolute atomic E-state index is 8.14. The first-order valence-corrected chi connectivity index (χ1v) is 1.88. The van der Waals surface area contributed by atoms with E-state index in [1.54, 1.807) is 0 Å². The van der Waals surface area contributed by atoms with Crippen LogP contribution in [0.15, 0.2) is 0 Å². The van der Waals surface area contributed by atoms with Crippen molar-refractivity contribution in [1.29, 1.82) is 0 Å². The monoisotopic (exact) mass is 113 g/mol. The molecule has 0 atom stereocenters. The van der Waals surface area contributed by atoms with Gasteiger partial charge in [-0.05, 0) is 5.92 Å². The normalized spacial score (nSPS) is 6.86. The first-order valence-electron chi connectivity index (χ1n) is 1.88. The number of aliphatic hydroxyl groups is 1. The first kappa shape index (κ1) is 15.6. The number of rotatable bonds is 1. The second-order valence-electron chi connectivity index (χ2n) is 1.58. The third kappa shape index (κ3) is 20.2. The van der Waals surface area contributed by atoms with Crippen LogP contribution in [0.3, 0.4) is 0 Å². The van der Waals surface area contributed by atoms with Crippen molar-refractivity contribution in [3.8, 4) is 0 Å². The molecule has 2 heteroatoms. The Kier molecular flexibility index (Phi) is 22.1. The van der Waals surface area contributed by atoms with Crippen LogP contribution in [-0.2, 0) is 0 Å². The predicted octanol–water partition coefficient (Wildman–Crippen LogP) is 0.704. The fourth-order valence-electron chi connectivity index (χ4n) is 0. The van der Waals surface area contributed by atoms with E-state index in [1.165, 1.54) is 0 Å². The zero-order valence-electron chi connectivity index (χ0n) is 5.44. The molecule has 0 aliphatic carbocycles. The quantitative estimate of drug-likeness (QED) is 0.392. The average Bonchev–Trinajstić information content (AvgIpc) is 1.38. The van der Waals surface area contributed by atoms with Gasteiger partial charge in [-0.2, -0.15) is 0 Å². The van der Waals surface area contributed by atoms with Gasteiger partial charge in [0, 0.05) is 6.61 Å². The fourth-order valence-corrected chi connectivity index (χ4v) is 0. The third-order valence-electron chi connectivity index (χ3n) is 0.365. The summed E-state index contributed by atoms with van der Waals surface area (Å²) in [6.45, 7) is 4.25. The van der Waals surface area contributed by atoms with E-state index in [2.05, 4.69) is 0 Å². The van der Waals surface area contributed by atoms with Gasteiger partial charge in [0.05, 0.1) is 0 Å². The van der Waals surface area contributed by atoms with Crippen molar-refractivity contribution in [2.75, 3.05) is 6.61 Å². The summed E-state index contributed by atoms with van der Waals surface area (Å²) in [5.41, 5.74) is 0. The fraction of sp³-hybridized carbons (Fsp3) is 0.800. The zero-order valence-corrected chi connectivity index (χ0v) is 6.85. The van der Waals surface area contributed by atoms with Crippen molar-refractivity contribution >= 4 is 23.1 Å². The van der Waals surface area contributed by atoms with E-state index in [1.807, 2.05) is 13.8 Å². The molecule has 0 aliphatic heterocycles. The van der Waals surface area contributed by atoms with E-state index in [-0.39, 0.29) is 30.5 Å². The van der Waals surface area contributed by atoms with Crippen LogP contribution in [0.25, 0.3) is 0 Å². The predicted molar refractivity (Wildman–Crippen MR) is 34.1 cm³/mol. The van der Waals surface area contributed by atoms with Gasteiger partial charge in [0.2, 0.25) is 0 Å². The molecule has 0 saturated heterocycles. The second-order valence-corrected chi connectivity index (χ2v) is 1.58. The molecule has 0 heterocycles. The molecular weight excluding hydrogens is 100 g/mol. The smallest absolute Gasteiger partial charge is 0.396 e. The van der Waals surface area contributed by atoms with Gasteiger partial charge in [-0.1, -0.05) is 13.8 Å². The Hall–Kier alpha value is 0.726. The molecule has 0 radical (unpaired) electrons. The van der Waals surface area contributed by atoms with E-state index >= 15 is 0 Å². The van der Waals surface area contributed by atoms with E-state index in [0.29, 0.717) is 12.5 Å². The first-order chi connectivity index (χ1) is 2.27. The van der Waals surface area contributed by atoms with E-state index in [4.69, 9.17) is 5.11 Å². The van der Waals surface area contributed by atoms with E-state index in [9.17, 15) is 0 Å². The van der Waals surface area contributed by atoms with Crippen molar-refractivity contribution in [3.63, 3.8) is 0 Å². The second kappa shape index (κ2) is 9.87. The minimum absolute atomic E-state index is 0. The van der Waals surface area contributed by atoms with Gasteiger partial charge in [-0.3, -0.25) is 0 Å². The standard InChI is InChI=1S/C4H10O.CH3.Mg/c1-4(2)3-5;;/h4-5H,3H2,1-2H3;1H3;/q;-1;+2. The Morgan fingerprint density at radius 3 is 1.57 bits per heavy atom. The summed E-state index contributed by atoms with van der Waals surface area (Å²) in [5.74, 6) is 0.440. The maximum atomic E-state index is 8.14. The third-order valence-corrected chi connectivity index (χ3v) is 0.365. The average molecular weight is 113 g/mol. The molecule has 40 valence electrons. The Labute approximate surface area is 62.3 Å². The van der Waals surface area contributed by atoms with Crippen LogP contribution in [0.4, 0.5) is 0 Å². The Balaban J connectivity index is -0.0000000800. The summed E-state index contributed by atoms with van der Waals surface area (Å²) in [6, 6.07) is 0. The molecule has 0 unspecified atom stereocenters.